The Balaban J connectivity index is 1.64. The summed E-state index contributed by atoms with van der Waals surface area (Å²) in [5.41, 5.74) is 1.92. The van der Waals surface area contributed by atoms with Crippen molar-refractivity contribution in [1.29, 1.82) is 0 Å². The molecule has 0 aliphatic heterocycles. The standard InChI is InChI=1S/C31H35N7O3S/c1-19(32-5)26(39)35-23(20-12-8-6-9-13-20)27(40)37-25(31(2,3)4)28(41)38-30-24(21-14-10-7-11-15-21)36-29(42-30)22-18-33-16-17-34-22/h6-19,23,25,32H,1-5H3,(H,35,39)(H,37,40)(H,38,41)/t19?,23-,25?/m0/s1. The van der Waals surface area contributed by atoms with E-state index in [0.717, 1.165) is 5.56 Å². The van der Waals surface area contributed by atoms with E-state index >= 15 is 0 Å². The summed E-state index contributed by atoms with van der Waals surface area (Å²) >= 11 is 1.28. The van der Waals surface area contributed by atoms with Crippen molar-refractivity contribution < 1.29 is 14.4 Å². The van der Waals surface area contributed by atoms with Gasteiger partial charge < -0.3 is 21.3 Å². The summed E-state index contributed by atoms with van der Waals surface area (Å²) < 4.78 is 0. The molecule has 0 spiro atoms. The van der Waals surface area contributed by atoms with E-state index < -0.39 is 35.4 Å². The number of anilines is 1. The number of nitrogens with zero attached hydrogens (tertiary/aromatic N) is 3. The third-order valence-corrected chi connectivity index (χ3v) is 7.61. The lowest BCUT2D eigenvalue weighted by Crippen LogP contribution is -2.55. The lowest BCUT2D eigenvalue weighted by Gasteiger charge is -2.32. The summed E-state index contributed by atoms with van der Waals surface area (Å²) in [6.45, 7) is 7.31. The summed E-state index contributed by atoms with van der Waals surface area (Å²) in [5.74, 6) is -1.25. The average molecular weight is 586 g/mol. The largest absolute Gasteiger partial charge is 0.342 e. The predicted octanol–water partition coefficient (Wildman–Crippen LogP) is 4.20. The highest BCUT2D eigenvalue weighted by Crippen LogP contribution is 2.37. The first kappa shape index (κ1) is 30.5. The molecule has 0 aliphatic carbocycles. The van der Waals surface area contributed by atoms with Crippen molar-refractivity contribution in [3.05, 3.63) is 84.8 Å². The van der Waals surface area contributed by atoms with Crippen LogP contribution < -0.4 is 21.3 Å². The summed E-state index contributed by atoms with van der Waals surface area (Å²) in [7, 11) is 1.67. The van der Waals surface area contributed by atoms with Crippen molar-refractivity contribution in [1.82, 2.24) is 30.9 Å². The Hall–Kier alpha value is -4.48. The zero-order chi connectivity index (χ0) is 30.3. The molecule has 3 atom stereocenters. The molecule has 4 aromatic rings. The molecule has 4 N–H and O–H groups in total. The smallest absolute Gasteiger partial charge is 0.248 e. The van der Waals surface area contributed by atoms with Gasteiger partial charge in [0.2, 0.25) is 17.7 Å². The first-order valence-electron chi connectivity index (χ1n) is 13.5. The Morgan fingerprint density at radius 2 is 1.52 bits per heavy atom. The Labute approximate surface area is 249 Å². The third kappa shape index (κ3) is 7.42. The third-order valence-electron chi connectivity index (χ3n) is 6.62. The molecule has 2 aromatic heterocycles. The van der Waals surface area contributed by atoms with Crippen molar-refractivity contribution in [3.63, 3.8) is 0 Å². The molecule has 42 heavy (non-hydrogen) atoms. The van der Waals surface area contributed by atoms with Crippen LogP contribution in [0.15, 0.2) is 79.3 Å². The molecule has 4 rings (SSSR count). The van der Waals surface area contributed by atoms with Gasteiger partial charge in [0, 0.05) is 18.0 Å². The van der Waals surface area contributed by atoms with Crippen LogP contribution in [0.1, 0.15) is 39.3 Å². The fourth-order valence-electron chi connectivity index (χ4n) is 4.14. The van der Waals surface area contributed by atoms with Crippen molar-refractivity contribution in [2.24, 2.45) is 5.41 Å². The number of thiazole rings is 1. The predicted molar refractivity (Wildman–Crippen MR) is 164 cm³/mol. The number of nitrogens with one attached hydrogen (secondary N) is 4. The number of benzene rings is 2. The Kier molecular flexibility index (Phi) is 9.76. The van der Waals surface area contributed by atoms with E-state index in [2.05, 4.69) is 31.2 Å². The summed E-state index contributed by atoms with van der Waals surface area (Å²) in [5, 5.41) is 12.7. The van der Waals surface area contributed by atoms with E-state index in [1.165, 1.54) is 11.3 Å². The second kappa shape index (κ2) is 13.5. The van der Waals surface area contributed by atoms with Crippen molar-refractivity contribution in [3.8, 4) is 22.0 Å². The lowest BCUT2D eigenvalue weighted by molar-refractivity contribution is -0.132. The molecule has 2 heterocycles. The fourth-order valence-corrected chi connectivity index (χ4v) is 5.10. The minimum absolute atomic E-state index is 0.341. The normalized spacial score (nSPS) is 13.5. The molecule has 0 saturated carbocycles. The van der Waals surface area contributed by atoms with Gasteiger partial charge in [-0.05, 0) is 24.9 Å². The maximum absolute atomic E-state index is 13.9. The minimum atomic E-state index is -1.00. The van der Waals surface area contributed by atoms with E-state index in [9.17, 15) is 14.4 Å². The number of rotatable bonds is 10. The second-order valence-electron chi connectivity index (χ2n) is 10.8. The summed E-state index contributed by atoms with van der Waals surface area (Å²) in [4.78, 5) is 53.7. The number of hydrogen-bond donors (Lipinski definition) is 4. The van der Waals surface area contributed by atoms with E-state index in [1.54, 1.807) is 56.8 Å². The molecule has 3 amide bonds. The van der Waals surface area contributed by atoms with Crippen LogP contribution in [0.5, 0.6) is 0 Å². The highest BCUT2D eigenvalue weighted by Gasteiger charge is 2.36. The van der Waals surface area contributed by atoms with Crippen molar-refractivity contribution >= 4 is 34.1 Å². The van der Waals surface area contributed by atoms with Gasteiger partial charge in [0.15, 0.2) is 0 Å². The molecular weight excluding hydrogens is 550 g/mol. The molecule has 2 unspecified atom stereocenters. The number of carbonyl (C=O) groups is 3. The maximum atomic E-state index is 13.9. The van der Waals surface area contributed by atoms with Crippen LogP contribution in [0.25, 0.3) is 22.0 Å². The monoisotopic (exact) mass is 585 g/mol. The van der Waals surface area contributed by atoms with Gasteiger partial charge in [-0.25, -0.2) is 4.98 Å². The van der Waals surface area contributed by atoms with Crippen LogP contribution in [-0.2, 0) is 14.4 Å². The Morgan fingerprint density at radius 3 is 2.12 bits per heavy atom. The second-order valence-corrected chi connectivity index (χ2v) is 11.8. The number of amides is 3. The van der Waals surface area contributed by atoms with Gasteiger partial charge in [0.1, 0.15) is 33.5 Å². The van der Waals surface area contributed by atoms with Gasteiger partial charge in [-0.15, -0.1) is 0 Å². The van der Waals surface area contributed by atoms with Gasteiger partial charge in [0.25, 0.3) is 0 Å². The number of hydrogen-bond acceptors (Lipinski definition) is 8. The van der Waals surface area contributed by atoms with E-state index in [0.29, 0.717) is 27.0 Å². The van der Waals surface area contributed by atoms with Crippen LogP contribution in [0, 0.1) is 5.41 Å². The quantitative estimate of drug-likeness (QED) is 0.219. The first-order valence-corrected chi connectivity index (χ1v) is 14.4. The molecule has 2 aromatic carbocycles. The van der Waals surface area contributed by atoms with Crippen LogP contribution in [-0.4, -0.2) is 51.8 Å². The van der Waals surface area contributed by atoms with E-state index in [-0.39, 0.29) is 5.91 Å². The molecule has 0 fully saturated rings. The molecule has 0 saturated heterocycles. The lowest BCUT2D eigenvalue weighted by atomic mass is 9.85. The van der Waals surface area contributed by atoms with Gasteiger partial charge in [-0.3, -0.25) is 24.4 Å². The van der Waals surface area contributed by atoms with Crippen LogP contribution >= 0.6 is 11.3 Å². The zero-order valence-corrected chi connectivity index (χ0v) is 25.0. The summed E-state index contributed by atoms with van der Waals surface area (Å²) in [6, 6.07) is 16.0. The Morgan fingerprint density at radius 1 is 0.857 bits per heavy atom. The fraction of sp³-hybridized carbons (Fsp3) is 0.290. The van der Waals surface area contributed by atoms with Crippen molar-refractivity contribution in [2.45, 2.75) is 45.8 Å². The first-order chi connectivity index (χ1) is 20.1. The number of carbonyl (C=O) groups excluding carboxylic acids is 3. The van der Waals surface area contributed by atoms with Crippen LogP contribution in [0.3, 0.4) is 0 Å². The molecule has 0 aliphatic rings. The SMILES string of the molecule is CNC(C)C(=O)N[C@H](C(=O)NC(C(=O)Nc1sc(-c2cnccn2)nc1-c1ccccc1)C(C)(C)C)c1ccccc1. The van der Waals surface area contributed by atoms with Gasteiger partial charge in [-0.1, -0.05) is 92.8 Å². The van der Waals surface area contributed by atoms with Gasteiger partial charge >= 0.3 is 0 Å². The molecule has 0 radical (unpaired) electrons. The van der Waals surface area contributed by atoms with Gasteiger partial charge in [-0.2, -0.15) is 0 Å². The zero-order valence-electron chi connectivity index (χ0n) is 24.2. The van der Waals surface area contributed by atoms with E-state index in [1.807, 2.05) is 57.2 Å². The Bertz CT molecular complexity index is 1510. The number of aromatic nitrogens is 3. The topological polar surface area (TPSA) is 138 Å². The van der Waals surface area contributed by atoms with Crippen LogP contribution in [0.2, 0.25) is 0 Å². The highest BCUT2D eigenvalue weighted by molar-refractivity contribution is 7.19. The molecule has 10 nitrogen and oxygen atoms in total. The highest BCUT2D eigenvalue weighted by atomic mass is 32.1. The molecule has 11 heteroatoms. The number of likely N-dealkylation sites (N-methyl/N-ethyl adjacent to an activating group) is 1. The summed E-state index contributed by atoms with van der Waals surface area (Å²) in [6.07, 6.45) is 4.78. The van der Waals surface area contributed by atoms with Crippen molar-refractivity contribution in [2.75, 3.05) is 12.4 Å². The van der Waals surface area contributed by atoms with Crippen LogP contribution in [0.4, 0.5) is 5.00 Å². The average Bonchev–Trinajstić information content (AvgIpc) is 3.42. The molecule has 218 valence electrons. The van der Waals surface area contributed by atoms with E-state index in [4.69, 9.17) is 4.98 Å². The minimum Gasteiger partial charge on any atom is -0.342 e. The molecule has 0 bridgehead atoms. The van der Waals surface area contributed by atoms with Gasteiger partial charge in [0.05, 0.1) is 12.2 Å². The molecular formula is C31H35N7O3S. The maximum Gasteiger partial charge on any atom is 0.248 e.